The molecule has 0 amide bonds. The Morgan fingerprint density at radius 3 is 2.92 bits per heavy atom. The third kappa shape index (κ3) is 1.47. The Kier molecular flexibility index (Phi) is 2.09. The van der Waals surface area contributed by atoms with Crippen LogP contribution in [0.1, 0.15) is 5.56 Å². The van der Waals surface area contributed by atoms with E-state index in [4.69, 9.17) is 18.0 Å². The fourth-order valence-electron chi connectivity index (χ4n) is 1.30. The maximum Gasteiger partial charge on any atom is 0.106 e. The molecular formula is C9H7BrN2S. The molecule has 66 valence electrons. The third-order valence-electron chi connectivity index (χ3n) is 1.91. The topological polar surface area (TPSA) is 41.8 Å². The number of rotatable bonds is 1. The quantitative estimate of drug-likeness (QED) is 0.769. The van der Waals surface area contributed by atoms with E-state index in [2.05, 4.69) is 20.9 Å². The molecule has 0 unspecified atom stereocenters. The summed E-state index contributed by atoms with van der Waals surface area (Å²) in [6, 6.07) is 5.96. The first-order chi connectivity index (χ1) is 6.18. The predicted octanol–water partition coefficient (Wildman–Crippen LogP) is 2.56. The number of aromatic nitrogens is 1. The number of benzene rings is 1. The van der Waals surface area contributed by atoms with Gasteiger partial charge in [0.2, 0.25) is 0 Å². The van der Waals surface area contributed by atoms with E-state index in [-0.39, 0.29) is 0 Å². The highest BCUT2D eigenvalue weighted by Crippen LogP contribution is 2.22. The molecule has 4 heteroatoms. The minimum absolute atomic E-state index is 0.421. The van der Waals surface area contributed by atoms with Crippen molar-refractivity contribution in [3.05, 3.63) is 34.4 Å². The van der Waals surface area contributed by atoms with Gasteiger partial charge in [-0.1, -0.05) is 28.1 Å². The van der Waals surface area contributed by atoms with Crippen molar-refractivity contribution < 1.29 is 0 Å². The van der Waals surface area contributed by atoms with Gasteiger partial charge in [0.05, 0.1) is 0 Å². The van der Waals surface area contributed by atoms with Crippen molar-refractivity contribution in [2.75, 3.05) is 0 Å². The zero-order chi connectivity index (χ0) is 9.42. The molecule has 2 rings (SSSR count). The van der Waals surface area contributed by atoms with Crippen molar-refractivity contribution in [3.63, 3.8) is 0 Å². The Morgan fingerprint density at radius 2 is 2.23 bits per heavy atom. The Hall–Kier alpha value is -0.870. The number of hydrogen-bond acceptors (Lipinski definition) is 1. The van der Waals surface area contributed by atoms with Crippen LogP contribution in [0.4, 0.5) is 0 Å². The van der Waals surface area contributed by atoms with Crippen molar-refractivity contribution >= 4 is 44.0 Å². The Morgan fingerprint density at radius 1 is 1.46 bits per heavy atom. The van der Waals surface area contributed by atoms with Gasteiger partial charge < -0.3 is 10.7 Å². The van der Waals surface area contributed by atoms with Crippen molar-refractivity contribution in [1.82, 2.24) is 4.98 Å². The second-order valence-electron chi connectivity index (χ2n) is 2.76. The van der Waals surface area contributed by atoms with Crippen molar-refractivity contribution in [3.8, 4) is 0 Å². The largest absolute Gasteiger partial charge is 0.389 e. The van der Waals surface area contributed by atoms with Gasteiger partial charge >= 0.3 is 0 Å². The summed E-state index contributed by atoms with van der Waals surface area (Å²) in [6.45, 7) is 0. The van der Waals surface area contributed by atoms with Gasteiger partial charge in [0.25, 0.3) is 0 Å². The summed E-state index contributed by atoms with van der Waals surface area (Å²) in [5, 5.41) is 1.06. The van der Waals surface area contributed by atoms with Crippen LogP contribution >= 0.6 is 28.1 Å². The number of thiocarbonyl (C=S) groups is 1. The summed E-state index contributed by atoms with van der Waals surface area (Å²) in [5.41, 5.74) is 7.51. The van der Waals surface area contributed by atoms with Crippen LogP contribution in [0, 0.1) is 0 Å². The first-order valence-electron chi connectivity index (χ1n) is 3.75. The van der Waals surface area contributed by atoms with Crippen molar-refractivity contribution in [2.24, 2.45) is 5.73 Å². The van der Waals surface area contributed by atoms with Gasteiger partial charge in [-0.15, -0.1) is 0 Å². The number of hydrogen-bond donors (Lipinski definition) is 2. The summed E-state index contributed by atoms with van der Waals surface area (Å²) >= 11 is 8.33. The molecule has 0 atom stereocenters. The standard InChI is InChI=1S/C9H7BrN2S/c10-5-1-2-8-6(3-5)7(4-12-8)9(11)13/h1-4,12H,(H2,11,13). The minimum Gasteiger partial charge on any atom is -0.389 e. The number of halogens is 1. The van der Waals surface area contributed by atoms with Crippen LogP contribution in [0.15, 0.2) is 28.9 Å². The van der Waals surface area contributed by atoms with Crippen LogP contribution in [0.3, 0.4) is 0 Å². The van der Waals surface area contributed by atoms with Crippen LogP contribution < -0.4 is 5.73 Å². The summed E-state index contributed by atoms with van der Waals surface area (Å²) in [5.74, 6) is 0. The Bertz CT molecular complexity index is 475. The lowest BCUT2D eigenvalue weighted by molar-refractivity contribution is 1.47. The SMILES string of the molecule is NC(=S)c1c[nH]c2ccc(Br)cc12. The highest BCUT2D eigenvalue weighted by Gasteiger charge is 2.05. The van der Waals surface area contributed by atoms with Crippen LogP contribution in [-0.2, 0) is 0 Å². The fraction of sp³-hybridized carbons (Fsp3) is 0. The highest BCUT2D eigenvalue weighted by atomic mass is 79.9. The van der Waals surface area contributed by atoms with Gasteiger partial charge in [0, 0.05) is 27.1 Å². The molecule has 0 saturated carbocycles. The molecular weight excluding hydrogens is 248 g/mol. The van der Waals surface area contributed by atoms with Crippen molar-refractivity contribution in [2.45, 2.75) is 0 Å². The summed E-state index contributed by atoms with van der Waals surface area (Å²) < 4.78 is 1.03. The predicted molar refractivity (Wildman–Crippen MR) is 61.9 cm³/mol. The van der Waals surface area contributed by atoms with E-state index in [0.717, 1.165) is 20.9 Å². The molecule has 0 saturated heterocycles. The molecule has 0 aliphatic heterocycles. The molecule has 2 nitrogen and oxygen atoms in total. The Balaban J connectivity index is 2.79. The maximum atomic E-state index is 5.57. The molecule has 1 aromatic carbocycles. The average molecular weight is 255 g/mol. The van der Waals surface area contributed by atoms with E-state index < -0.39 is 0 Å². The molecule has 0 fully saturated rings. The van der Waals surface area contributed by atoms with E-state index in [9.17, 15) is 0 Å². The van der Waals surface area contributed by atoms with Crippen LogP contribution in [0.2, 0.25) is 0 Å². The van der Waals surface area contributed by atoms with E-state index in [1.165, 1.54) is 0 Å². The van der Waals surface area contributed by atoms with Crippen LogP contribution in [-0.4, -0.2) is 9.97 Å². The average Bonchev–Trinajstić information content (AvgIpc) is 2.46. The Labute approximate surface area is 89.3 Å². The zero-order valence-corrected chi connectivity index (χ0v) is 9.08. The summed E-state index contributed by atoms with van der Waals surface area (Å²) in [7, 11) is 0. The van der Waals surface area contributed by atoms with E-state index in [0.29, 0.717) is 4.99 Å². The molecule has 0 radical (unpaired) electrons. The first-order valence-corrected chi connectivity index (χ1v) is 4.95. The van der Waals surface area contributed by atoms with E-state index >= 15 is 0 Å². The van der Waals surface area contributed by atoms with Gasteiger partial charge in [-0.2, -0.15) is 0 Å². The summed E-state index contributed by atoms with van der Waals surface area (Å²) in [4.78, 5) is 3.53. The van der Waals surface area contributed by atoms with Crippen molar-refractivity contribution in [1.29, 1.82) is 0 Å². The lowest BCUT2D eigenvalue weighted by Crippen LogP contribution is -2.08. The van der Waals surface area contributed by atoms with Gasteiger partial charge in [0.1, 0.15) is 4.99 Å². The molecule has 2 aromatic rings. The lowest BCUT2D eigenvalue weighted by atomic mass is 10.2. The maximum absolute atomic E-state index is 5.57. The molecule has 0 aliphatic carbocycles. The normalized spacial score (nSPS) is 10.5. The smallest absolute Gasteiger partial charge is 0.106 e. The number of nitrogens with two attached hydrogens (primary N) is 1. The molecule has 1 aromatic heterocycles. The molecule has 0 spiro atoms. The number of nitrogens with one attached hydrogen (secondary N) is 1. The molecule has 1 heterocycles. The second-order valence-corrected chi connectivity index (χ2v) is 4.11. The van der Waals surface area contributed by atoms with Gasteiger partial charge in [-0.25, -0.2) is 0 Å². The van der Waals surface area contributed by atoms with Crippen LogP contribution in [0.5, 0.6) is 0 Å². The zero-order valence-electron chi connectivity index (χ0n) is 6.67. The monoisotopic (exact) mass is 254 g/mol. The third-order valence-corrected chi connectivity index (χ3v) is 2.62. The first kappa shape index (κ1) is 8.72. The molecule has 13 heavy (non-hydrogen) atoms. The van der Waals surface area contributed by atoms with Gasteiger partial charge in [-0.3, -0.25) is 0 Å². The number of H-pyrrole nitrogens is 1. The van der Waals surface area contributed by atoms with Gasteiger partial charge in [-0.05, 0) is 18.2 Å². The fourth-order valence-corrected chi connectivity index (χ4v) is 1.83. The molecule has 0 aliphatic rings. The molecule has 3 N–H and O–H groups in total. The highest BCUT2D eigenvalue weighted by molar-refractivity contribution is 9.10. The second kappa shape index (κ2) is 3.12. The van der Waals surface area contributed by atoms with Crippen LogP contribution in [0.25, 0.3) is 10.9 Å². The lowest BCUT2D eigenvalue weighted by Gasteiger charge is -1.95. The van der Waals surface area contributed by atoms with E-state index in [1.807, 2.05) is 24.4 Å². The van der Waals surface area contributed by atoms with Gasteiger partial charge in [0.15, 0.2) is 0 Å². The summed E-state index contributed by atoms with van der Waals surface area (Å²) in [6.07, 6.45) is 1.83. The number of aromatic amines is 1. The number of fused-ring (bicyclic) bond motifs is 1. The minimum atomic E-state index is 0.421. The van der Waals surface area contributed by atoms with E-state index in [1.54, 1.807) is 0 Å². The molecule has 0 bridgehead atoms.